The zero-order valence-electron chi connectivity index (χ0n) is 8.07. The monoisotopic (exact) mass is 186 g/mol. The standard InChI is InChI=1S/C9H18N2O2/c1-7-4-11(3-2-10-7)8-5-13-6-9(8)12/h7-10,12H,2-6H2,1H3/t7-,8?,9?/m1/s1. The van der Waals surface area contributed by atoms with Crippen molar-refractivity contribution in [1.82, 2.24) is 10.2 Å². The van der Waals surface area contributed by atoms with Crippen LogP contribution in [0.3, 0.4) is 0 Å². The van der Waals surface area contributed by atoms with E-state index in [0.717, 1.165) is 19.6 Å². The number of aliphatic hydroxyl groups is 1. The van der Waals surface area contributed by atoms with Crippen LogP contribution in [0, 0.1) is 0 Å². The second-order valence-corrected chi connectivity index (χ2v) is 4.02. The molecule has 2 saturated heterocycles. The van der Waals surface area contributed by atoms with Crippen LogP contribution >= 0.6 is 0 Å². The van der Waals surface area contributed by atoms with Crippen LogP contribution in [-0.4, -0.2) is 61.0 Å². The molecule has 4 nitrogen and oxygen atoms in total. The topological polar surface area (TPSA) is 44.7 Å². The molecule has 0 radical (unpaired) electrons. The number of ether oxygens (including phenoxy) is 1. The molecule has 2 N–H and O–H groups in total. The number of nitrogens with one attached hydrogen (secondary N) is 1. The summed E-state index contributed by atoms with van der Waals surface area (Å²) >= 11 is 0. The summed E-state index contributed by atoms with van der Waals surface area (Å²) in [5.41, 5.74) is 0. The fourth-order valence-electron chi connectivity index (χ4n) is 2.14. The minimum absolute atomic E-state index is 0.226. The average molecular weight is 186 g/mol. The Morgan fingerprint density at radius 3 is 2.92 bits per heavy atom. The lowest BCUT2D eigenvalue weighted by Gasteiger charge is -2.36. The third kappa shape index (κ3) is 2.02. The Labute approximate surface area is 78.9 Å². The summed E-state index contributed by atoms with van der Waals surface area (Å²) in [5, 5.41) is 13.0. The lowest BCUT2D eigenvalue weighted by molar-refractivity contribution is 0.0654. The Morgan fingerprint density at radius 1 is 1.46 bits per heavy atom. The van der Waals surface area contributed by atoms with Gasteiger partial charge >= 0.3 is 0 Å². The summed E-state index contributed by atoms with van der Waals surface area (Å²) < 4.78 is 5.25. The Bertz CT molecular complexity index is 177. The Hall–Kier alpha value is -0.160. The normalized spacial score (nSPS) is 42.5. The maximum atomic E-state index is 9.64. The number of nitrogens with zero attached hydrogens (tertiary/aromatic N) is 1. The van der Waals surface area contributed by atoms with E-state index in [-0.39, 0.29) is 12.1 Å². The fraction of sp³-hybridized carbons (Fsp3) is 1.00. The van der Waals surface area contributed by atoms with Gasteiger partial charge in [-0.3, -0.25) is 4.90 Å². The van der Waals surface area contributed by atoms with Crippen LogP contribution in [-0.2, 0) is 4.74 Å². The van der Waals surface area contributed by atoms with Crippen LogP contribution in [0.15, 0.2) is 0 Å². The third-order valence-corrected chi connectivity index (χ3v) is 2.89. The molecule has 2 aliphatic heterocycles. The molecule has 0 aromatic rings. The van der Waals surface area contributed by atoms with Gasteiger partial charge in [0.1, 0.15) is 0 Å². The first-order valence-electron chi connectivity index (χ1n) is 5.00. The summed E-state index contributed by atoms with van der Waals surface area (Å²) in [4.78, 5) is 2.33. The molecule has 0 amide bonds. The molecule has 0 aliphatic carbocycles. The quantitative estimate of drug-likeness (QED) is 0.553. The average Bonchev–Trinajstić information content (AvgIpc) is 2.51. The fourth-order valence-corrected chi connectivity index (χ4v) is 2.14. The van der Waals surface area contributed by atoms with Crippen molar-refractivity contribution in [3.05, 3.63) is 0 Å². The minimum Gasteiger partial charge on any atom is -0.389 e. The molecular formula is C9H18N2O2. The Balaban J connectivity index is 1.91. The second kappa shape index (κ2) is 3.92. The minimum atomic E-state index is -0.287. The van der Waals surface area contributed by atoms with Gasteiger partial charge in [-0.15, -0.1) is 0 Å². The van der Waals surface area contributed by atoms with Gasteiger partial charge in [0.05, 0.1) is 25.4 Å². The lowest BCUT2D eigenvalue weighted by atomic mass is 10.1. The van der Waals surface area contributed by atoms with Crippen LogP contribution in [0.2, 0.25) is 0 Å². The predicted molar refractivity (Wildman–Crippen MR) is 49.7 cm³/mol. The zero-order valence-corrected chi connectivity index (χ0v) is 8.07. The van der Waals surface area contributed by atoms with Crippen LogP contribution in [0.4, 0.5) is 0 Å². The molecule has 76 valence electrons. The van der Waals surface area contributed by atoms with E-state index >= 15 is 0 Å². The van der Waals surface area contributed by atoms with E-state index in [2.05, 4.69) is 17.1 Å². The summed E-state index contributed by atoms with van der Waals surface area (Å²) in [6.45, 7) is 6.43. The van der Waals surface area contributed by atoms with Gasteiger partial charge in [0, 0.05) is 25.7 Å². The molecule has 2 unspecified atom stereocenters. The number of piperazine rings is 1. The first-order chi connectivity index (χ1) is 6.27. The highest BCUT2D eigenvalue weighted by Crippen LogP contribution is 2.14. The maximum Gasteiger partial charge on any atom is 0.0950 e. The van der Waals surface area contributed by atoms with E-state index in [9.17, 15) is 5.11 Å². The van der Waals surface area contributed by atoms with Gasteiger partial charge in [0.2, 0.25) is 0 Å². The van der Waals surface area contributed by atoms with Crippen molar-refractivity contribution in [2.45, 2.75) is 25.1 Å². The van der Waals surface area contributed by atoms with Gasteiger partial charge in [0.15, 0.2) is 0 Å². The second-order valence-electron chi connectivity index (χ2n) is 4.02. The molecule has 2 aliphatic rings. The van der Waals surface area contributed by atoms with Crippen molar-refractivity contribution in [1.29, 1.82) is 0 Å². The van der Waals surface area contributed by atoms with Crippen molar-refractivity contribution in [3.8, 4) is 0 Å². The number of hydrogen-bond acceptors (Lipinski definition) is 4. The van der Waals surface area contributed by atoms with Crippen LogP contribution in [0.25, 0.3) is 0 Å². The first-order valence-corrected chi connectivity index (χ1v) is 5.00. The van der Waals surface area contributed by atoms with E-state index in [1.807, 2.05) is 0 Å². The van der Waals surface area contributed by atoms with Gasteiger partial charge in [-0.2, -0.15) is 0 Å². The van der Waals surface area contributed by atoms with Crippen molar-refractivity contribution in [2.24, 2.45) is 0 Å². The highest BCUT2D eigenvalue weighted by molar-refractivity contribution is 4.87. The first kappa shape index (κ1) is 9.40. The van der Waals surface area contributed by atoms with E-state index in [1.54, 1.807) is 0 Å². The molecule has 0 saturated carbocycles. The molecular weight excluding hydrogens is 168 g/mol. The summed E-state index contributed by atoms with van der Waals surface area (Å²) in [6, 6.07) is 0.756. The Morgan fingerprint density at radius 2 is 2.31 bits per heavy atom. The lowest BCUT2D eigenvalue weighted by Crippen LogP contribution is -2.55. The molecule has 2 heterocycles. The highest BCUT2D eigenvalue weighted by Gasteiger charge is 2.33. The molecule has 0 aromatic carbocycles. The molecule has 3 atom stereocenters. The van der Waals surface area contributed by atoms with Crippen molar-refractivity contribution in [2.75, 3.05) is 32.8 Å². The molecule has 0 bridgehead atoms. The summed E-state index contributed by atoms with van der Waals surface area (Å²) in [6.07, 6.45) is -0.287. The number of aliphatic hydroxyl groups excluding tert-OH is 1. The zero-order chi connectivity index (χ0) is 9.26. The highest BCUT2D eigenvalue weighted by atomic mass is 16.5. The maximum absolute atomic E-state index is 9.64. The van der Waals surface area contributed by atoms with Gasteiger partial charge in [0.25, 0.3) is 0 Å². The van der Waals surface area contributed by atoms with Gasteiger partial charge in [-0.1, -0.05) is 0 Å². The van der Waals surface area contributed by atoms with E-state index in [1.165, 1.54) is 0 Å². The van der Waals surface area contributed by atoms with Gasteiger partial charge in [-0.05, 0) is 6.92 Å². The van der Waals surface area contributed by atoms with E-state index in [4.69, 9.17) is 4.74 Å². The van der Waals surface area contributed by atoms with Crippen molar-refractivity contribution < 1.29 is 9.84 Å². The molecule has 13 heavy (non-hydrogen) atoms. The van der Waals surface area contributed by atoms with E-state index in [0.29, 0.717) is 19.3 Å². The molecule has 2 fully saturated rings. The SMILES string of the molecule is C[C@@H]1CN(C2COCC2O)CCN1. The van der Waals surface area contributed by atoms with Gasteiger partial charge < -0.3 is 15.2 Å². The van der Waals surface area contributed by atoms with Crippen LogP contribution in [0.1, 0.15) is 6.92 Å². The molecule has 4 heteroatoms. The van der Waals surface area contributed by atoms with Crippen molar-refractivity contribution in [3.63, 3.8) is 0 Å². The largest absolute Gasteiger partial charge is 0.389 e. The van der Waals surface area contributed by atoms with Crippen LogP contribution in [0.5, 0.6) is 0 Å². The summed E-state index contributed by atoms with van der Waals surface area (Å²) in [5.74, 6) is 0. The number of hydrogen-bond donors (Lipinski definition) is 2. The molecule has 0 aromatic heterocycles. The van der Waals surface area contributed by atoms with Gasteiger partial charge in [-0.25, -0.2) is 0 Å². The summed E-state index contributed by atoms with van der Waals surface area (Å²) in [7, 11) is 0. The third-order valence-electron chi connectivity index (χ3n) is 2.89. The Kier molecular flexibility index (Phi) is 2.83. The smallest absolute Gasteiger partial charge is 0.0950 e. The molecule has 0 spiro atoms. The molecule has 2 rings (SSSR count). The van der Waals surface area contributed by atoms with Crippen LogP contribution < -0.4 is 5.32 Å². The van der Waals surface area contributed by atoms with E-state index < -0.39 is 0 Å². The number of rotatable bonds is 1. The van der Waals surface area contributed by atoms with Crippen molar-refractivity contribution >= 4 is 0 Å². The predicted octanol–water partition coefficient (Wildman–Crippen LogP) is -0.960.